The quantitative estimate of drug-likeness (QED) is 0.689. The molecule has 2 heteroatoms. The van der Waals surface area contributed by atoms with Gasteiger partial charge in [0.1, 0.15) is 0 Å². The lowest BCUT2D eigenvalue weighted by Gasteiger charge is -2.34. The first-order chi connectivity index (χ1) is 11.5. The van der Waals surface area contributed by atoms with E-state index in [-0.39, 0.29) is 22.4 Å². The lowest BCUT2D eigenvalue weighted by Crippen LogP contribution is -2.35. The zero-order valence-electron chi connectivity index (χ0n) is 13.6. The molecule has 1 aromatic carbocycles. The van der Waals surface area contributed by atoms with Crippen LogP contribution in [0.5, 0.6) is 0 Å². The van der Waals surface area contributed by atoms with Crippen molar-refractivity contribution in [3.8, 4) is 0 Å². The number of hydrogen-bond acceptors (Lipinski definition) is 2. The van der Waals surface area contributed by atoms with Crippen LogP contribution in [0, 0.1) is 11.3 Å². The van der Waals surface area contributed by atoms with Crippen molar-refractivity contribution in [2.75, 3.05) is 0 Å². The monoisotopic (exact) mass is 312 g/mol. The Morgan fingerprint density at radius 2 is 1.67 bits per heavy atom. The average molecular weight is 312 g/mol. The molecular weight excluding hydrogens is 296 g/mol. The number of rotatable bonds is 0. The van der Waals surface area contributed by atoms with Crippen LogP contribution < -0.4 is 0 Å². The predicted molar refractivity (Wildman–Crippen MR) is 90.5 cm³/mol. The summed E-state index contributed by atoms with van der Waals surface area (Å²) in [7, 11) is 0. The maximum absolute atomic E-state index is 12.9. The molecule has 1 saturated carbocycles. The van der Waals surface area contributed by atoms with Gasteiger partial charge in [0.15, 0.2) is 11.6 Å². The van der Waals surface area contributed by atoms with Gasteiger partial charge in [-0.3, -0.25) is 9.59 Å². The summed E-state index contributed by atoms with van der Waals surface area (Å²) in [5.74, 6) is 0.346. The van der Waals surface area contributed by atoms with Crippen LogP contribution in [-0.4, -0.2) is 11.6 Å². The highest BCUT2D eigenvalue weighted by Crippen LogP contribution is 2.89. The van der Waals surface area contributed by atoms with E-state index in [1.807, 2.05) is 0 Å². The largest absolute Gasteiger partial charge is 0.290 e. The zero-order chi connectivity index (χ0) is 16.5. The highest BCUT2D eigenvalue weighted by atomic mass is 16.1. The maximum atomic E-state index is 12.9. The minimum atomic E-state index is -0.410. The molecule has 24 heavy (non-hydrogen) atoms. The van der Waals surface area contributed by atoms with Gasteiger partial charge < -0.3 is 0 Å². The molecule has 0 amide bonds. The van der Waals surface area contributed by atoms with Crippen LogP contribution in [0.25, 0.3) is 0 Å². The predicted octanol–water partition coefficient (Wildman–Crippen LogP) is 3.35. The highest BCUT2D eigenvalue weighted by Gasteiger charge is 2.89. The Labute approximate surface area is 140 Å². The summed E-state index contributed by atoms with van der Waals surface area (Å²) in [5, 5.41) is 0. The Hall–Kier alpha value is -2.48. The molecule has 1 aromatic rings. The van der Waals surface area contributed by atoms with E-state index in [2.05, 4.69) is 56.3 Å². The zero-order valence-corrected chi connectivity index (χ0v) is 13.6. The molecule has 0 saturated heterocycles. The summed E-state index contributed by atoms with van der Waals surface area (Å²) in [4.78, 5) is 25.6. The summed E-state index contributed by atoms with van der Waals surface area (Å²) >= 11 is 0. The fraction of sp³-hybridized carbons (Fsp3) is 0.273. The van der Waals surface area contributed by atoms with Crippen LogP contribution in [-0.2, 0) is 20.4 Å². The van der Waals surface area contributed by atoms with Crippen molar-refractivity contribution < 1.29 is 9.59 Å². The molecule has 0 radical (unpaired) electrons. The first-order valence-electron chi connectivity index (χ1n) is 8.51. The molecule has 0 heterocycles. The second-order valence-electron chi connectivity index (χ2n) is 7.94. The van der Waals surface area contributed by atoms with Crippen LogP contribution in [0.15, 0.2) is 71.4 Å². The molecule has 0 aliphatic heterocycles. The first kappa shape index (κ1) is 12.9. The molecule has 0 bridgehead atoms. The Morgan fingerprint density at radius 1 is 0.958 bits per heavy atom. The SMILES string of the molecule is CC12C3=C(C(=O)C=CC3=O)C3=CC=CC4C(C)(c5ccccc51)C342. The number of hydrogen-bond donors (Lipinski definition) is 0. The molecule has 5 aliphatic carbocycles. The van der Waals surface area contributed by atoms with Crippen molar-refractivity contribution in [3.05, 3.63) is 82.5 Å². The van der Waals surface area contributed by atoms with Gasteiger partial charge in [0.2, 0.25) is 0 Å². The molecule has 0 aromatic heterocycles. The van der Waals surface area contributed by atoms with Gasteiger partial charge in [0, 0.05) is 27.4 Å². The van der Waals surface area contributed by atoms with E-state index in [1.54, 1.807) is 0 Å². The van der Waals surface area contributed by atoms with Crippen LogP contribution in [0.2, 0.25) is 0 Å². The van der Waals surface area contributed by atoms with E-state index >= 15 is 0 Å². The van der Waals surface area contributed by atoms with Crippen molar-refractivity contribution in [2.45, 2.75) is 24.7 Å². The molecule has 1 spiro atoms. The molecular formula is C22H16O2. The lowest BCUT2D eigenvalue weighted by atomic mass is 9.66. The van der Waals surface area contributed by atoms with E-state index in [1.165, 1.54) is 23.3 Å². The van der Waals surface area contributed by atoms with Gasteiger partial charge in [-0.2, -0.15) is 0 Å². The number of benzene rings is 1. The minimum absolute atomic E-state index is 0.00137. The van der Waals surface area contributed by atoms with Gasteiger partial charge in [-0.05, 0) is 34.8 Å². The fourth-order valence-electron chi connectivity index (χ4n) is 6.84. The summed E-state index contributed by atoms with van der Waals surface area (Å²) in [6.07, 6.45) is 9.34. The van der Waals surface area contributed by atoms with E-state index in [0.717, 1.165) is 11.1 Å². The van der Waals surface area contributed by atoms with Crippen LogP contribution in [0.4, 0.5) is 0 Å². The summed E-state index contributed by atoms with van der Waals surface area (Å²) in [6, 6.07) is 8.50. The van der Waals surface area contributed by atoms with Gasteiger partial charge in [-0.15, -0.1) is 0 Å². The Bertz CT molecular complexity index is 1030. The molecule has 0 N–H and O–H groups in total. The maximum Gasteiger partial charge on any atom is 0.186 e. The summed E-state index contributed by atoms with van der Waals surface area (Å²) in [6.45, 7) is 4.50. The number of carbonyl (C=O) groups is 2. The average Bonchev–Trinajstić information content (AvgIpc) is 3.00. The van der Waals surface area contributed by atoms with Gasteiger partial charge in [0.25, 0.3) is 0 Å². The van der Waals surface area contributed by atoms with E-state index in [0.29, 0.717) is 11.5 Å². The molecule has 4 unspecified atom stereocenters. The standard InChI is InChI=1S/C22H16O2/c1-20-12-6-3-4-7-13(12)21(2)19-16(24)11-10-15(23)18(19)14-8-5-9-17(20)22(14,20)21/h3-11,17H,1-2H3. The van der Waals surface area contributed by atoms with Crippen LogP contribution >= 0.6 is 0 Å². The smallest absolute Gasteiger partial charge is 0.186 e. The Kier molecular flexibility index (Phi) is 1.78. The fourth-order valence-corrected chi connectivity index (χ4v) is 6.84. The van der Waals surface area contributed by atoms with Crippen LogP contribution in [0.3, 0.4) is 0 Å². The van der Waals surface area contributed by atoms with E-state index in [9.17, 15) is 9.59 Å². The number of ketones is 2. The van der Waals surface area contributed by atoms with Gasteiger partial charge >= 0.3 is 0 Å². The highest BCUT2D eigenvalue weighted by molar-refractivity contribution is 6.25. The van der Waals surface area contributed by atoms with Crippen molar-refractivity contribution >= 4 is 11.6 Å². The first-order valence-corrected chi connectivity index (χ1v) is 8.51. The third kappa shape index (κ3) is 0.874. The van der Waals surface area contributed by atoms with Gasteiger partial charge in [-0.25, -0.2) is 0 Å². The normalized spacial score (nSPS) is 42.6. The third-order valence-corrected chi connectivity index (χ3v) is 7.53. The molecule has 4 atom stereocenters. The topological polar surface area (TPSA) is 34.1 Å². The summed E-state index contributed by atoms with van der Waals surface area (Å²) in [5.41, 5.74) is 4.46. The lowest BCUT2D eigenvalue weighted by molar-refractivity contribution is -0.115. The number of carbonyl (C=O) groups excluding carboxylic acids is 2. The molecule has 5 aliphatic rings. The van der Waals surface area contributed by atoms with Gasteiger partial charge in [-0.1, -0.05) is 56.3 Å². The van der Waals surface area contributed by atoms with Crippen molar-refractivity contribution in [3.63, 3.8) is 0 Å². The third-order valence-electron chi connectivity index (χ3n) is 7.53. The van der Waals surface area contributed by atoms with Crippen LogP contribution in [0.1, 0.15) is 25.0 Å². The Morgan fingerprint density at radius 3 is 2.46 bits per heavy atom. The van der Waals surface area contributed by atoms with Crippen molar-refractivity contribution in [1.82, 2.24) is 0 Å². The van der Waals surface area contributed by atoms with Crippen molar-refractivity contribution in [2.24, 2.45) is 11.3 Å². The van der Waals surface area contributed by atoms with Crippen molar-refractivity contribution in [1.29, 1.82) is 0 Å². The molecule has 2 nitrogen and oxygen atoms in total. The molecule has 116 valence electrons. The minimum Gasteiger partial charge on any atom is -0.290 e. The second kappa shape index (κ2) is 3.32. The molecule has 1 fully saturated rings. The summed E-state index contributed by atoms with van der Waals surface area (Å²) < 4.78 is 0. The van der Waals surface area contributed by atoms with E-state index < -0.39 is 5.41 Å². The van der Waals surface area contributed by atoms with Gasteiger partial charge in [0.05, 0.1) is 0 Å². The Balaban J connectivity index is 1.82. The number of fused-ring (bicyclic) bond motifs is 6. The molecule has 6 rings (SSSR count). The van der Waals surface area contributed by atoms with E-state index in [4.69, 9.17) is 0 Å². The number of allylic oxidation sites excluding steroid dienone is 8. The second-order valence-corrected chi connectivity index (χ2v) is 7.94.